The average molecular weight is 398 g/mol. The quantitative estimate of drug-likeness (QED) is 0.622. The summed E-state index contributed by atoms with van der Waals surface area (Å²) in [5, 5.41) is 0. The number of carbonyl (C=O) groups excluding carboxylic acids is 1. The van der Waals surface area contributed by atoms with Gasteiger partial charge in [-0.05, 0) is 47.4 Å². The van der Waals surface area contributed by atoms with Crippen LogP contribution in [0.25, 0.3) is 11.1 Å². The topological polar surface area (TPSA) is 75.3 Å². The molecule has 0 aliphatic rings. The summed E-state index contributed by atoms with van der Waals surface area (Å²) in [4.78, 5) is 14.5. The molecule has 28 heavy (non-hydrogen) atoms. The van der Waals surface area contributed by atoms with Gasteiger partial charge in [0.05, 0.1) is 10.5 Å². The Balaban J connectivity index is 1.89. The van der Waals surface area contributed by atoms with Crippen LogP contribution in [-0.4, -0.2) is 14.3 Å². The van der Waals surface area contributed by atoms with E-state index in [4.69, 9.17) is 0 Å². The third-order valence-electron chi connectivity index (χ3n) is 4.23. The van der Waals surface area contributed by atoms with Crippen LogP contribution in [0, 0.1) is 5.82 Å². The van der Waals surface area contributed by atoms with Crippen molar-refractivity contribution in [1.82, 2.24) is 10.3 Å². The van der Waals surface area contributed by atoms with E-state index in [-0.39, 0.29) is 10.5 Å². The summed E-state index contributed by atoms with van der Waals surface area (Å²) in [7, 11) is -3.96. The van der Waals surface area contributed by atoms with Crippen LogP contribution in [0.4, 0.5) is 4.39 Å². The number of rotatable bonds is 6. The largest absolute Gasteiger partial charge is 0.273 e. The number of halogens is 1. The van der Waals surface area contributed by atoms with Crippen molar-refractivity contribution >= 4 is 15.9 Å². The average Bonchev–Trinajstić information content (AvgIpc) is 2.73. The summed E-state index contributed by atoms with van der Waals surface area (Å²) in [5.74, 6) is -1.54. The van der Waals surface area contributed by atoms with Crippen LogP contribution in [0.1, 0.15) is 22.8 Å². The SMILES string of the molecule is CCc1cc(-c2ccccc2)cc(C(=O)NNS(=O)(=O)c2ccccc2)c1F. The molecule has 3 rings (SSSR count). The van der Waals surface area contributed by atoms with Gasteiger partial charge in [-0.15, -0.1) is 4.83 Å². The first-order chi connectivity index (χ1) is 13.4. The van der Waals surface area contributed by atoms with Crippen LogP contribution in [0.2, 0.25) is 0 Å². The molecule has 0 aromatic heterocycles. The molecule has 0 unspecified atom stereocenters. The number of hydrogen-bond donors (Lipinski definition) is 2. The van der Waals surface area contributed by atoms with Crippen LogP contribution in [0.5, 0.6) is 0 Å². The lowest BCUT2D eigenvalue weighted by atomic mass is 9.97. The molecular weight excluding hydrogens is 379 g/mol. The molecule has 0 saturated carbocycles. The van der Waals surface area contributed by atoms with Gasteiger partial charge in [-0.25, -0.2) is 12.8 Å². The summed E-state index contributed by atoms with van der Waals surface area (Å²) < 4.78 is 39.2. The van der Waals surface area contributed by atoms with Crippen LogP contribution in [0.3, 0.4) is 0 Å². The summed E-state index contributed by atoms with van der Waals surface area (Å²) in [6, 6.07) is 19.9. The van der Waals surface area contributed by atoms with Crippen molar-refractivity contribution in [3.63, 3.8) is 0 Å². The molecule has 3 aromatic carbocycles. The van der Waals surface area contributed by atoms with E-state index in [1.54, 1.807) is 31.2 Å². The molecule has 0 atom stereocenters. The lowest BCUT2D eigenvalue weighted by molar-refractivity contribution is 0.0941. The number of nitrogens with one attached hydrogen (secondary N) is 2. The second kappa shape index (κ2) is 8.33. The molecule has 2 N–H and O–H groups in total. The second-order valence-corrected chi connectivity index (χ2v) is 7.77. The van der Waals surface area contributed by atoms with E-state index in [9.17, 15) is 17.6 Å². The zero-order valence-electron chi connectivity index (χ0n) is 15.1. The summed E-state index contributed by atoms with van der Waals surface area (Å²) in [5.41, 5.74) is 3.74. The fourth-order valence-corrected chi connectivity index (χ4v) is 3.60. The second-order valence-electron chi connectivity index (χ2n) is 6.09. The van der Waals surface area contributed by atoms with Crippen molar-refractivity contribution in [2.24, 2.45) is 0 Å². The predicted molar refractivity (Wildman–Crippen MR) is 105 cm³/mol. The molecule has 0 fully saturated rings. The first-order valence-electron chi connectivity index (χ1n) is 8.67. The molecular formula is C21H19FN2O3S. The lowest BCUT2D eigenvalue weighted by Crippen LogP contribution is -2.41. The third kappa shape index (κ3) is 4.27. The fraction of sp³-hybridized carbons (Fsp3) is 0.0952. The molecule has 0 heterocycles. The molecule has 3 aromatic rings. The van der Waals surface area contributed by atoms with Crippen LogP contribution in [-0.2, 0) is 16.4 Å². The van der Waals surface area contributed by atoms with Gasteiger partial charge in [0.1, 0.15) is 5.82 Å². The lowest BCUT2D eigenvalue weighted by Gasteiger charge is -2.13. The maximum Gasteiger partial charge on any atom is 0.269 e. The van der Waals surface area contributed by atoms with Gasteiger partial charge in [0, 0.05) is 0 Å². The van der Waals surface area contributed by atoms with Gasteiger partial charge in [-0.2, -0.15) is 0 Å². The van der Waals surface area contributed by atoms with Crippen LogP contribution >= 0.6 is 0 Å². The highest BCUT2D eigenvalue weighted by atomic mass is 32.2. The van der Waals surface area contributed by atoms with Crippen molar-refractivity contribution < 1.29 is 17.6 Å². The van der Waals surface area contributed by atoms with Crippen molar-refractivity contribution in [3.05, 3.63) is 89.7 Å². The monoisotopic (exact) mass is 398 g/mol. The van der Waals surface area contributed by atoms with Gasteiger partial charge in [-0.1, -0.05) is 55.5 Å². The molecule has 1 amide bonds. The number of amides is 1. The molecule has 144 valence electrons. The zero-order valence-corrected chi connectivity index (χ0v) is 16.0. The van der Waals surface area contributed by atoms with E-state index in [0.717, 1.165) is 5.56 Å². The first-order valence-corrected chi connectivity index (χ1v) is 10.2. The van der Waals surface area contributed by atoms with Gasteiger partial charge in [0.15, 0.2) is 0 Å². The van der Waals surface area contributed by atoms with E-state index >= 15 is 0 Å². The molecule has 5 nitrogen and oxygen atoms in total. The van der Waals surface area contributed by atoms with Gasteiger partial charge < -0.3 is 0 Å². The van der Waals surface area contributed by atoms with Crippen LogP contribution < -0.4 is 10.3 Å². The maximum absolute atomic E-state index is 14.7. The number of sulfonamides is 1. The van der Waals surface area contributed by atoms with Crippen molar-refractivity contribution in [1.29, 1.82) is 0 Å². The number of hydrogen-bond acceptors (Lipinski definition) is 3. The minimum absolute atomic E-state index is 0.0111. The zero-order chi connectivity index (χ0) is 20.1. The van der Waals surface area contributed by atoms with Gasteiger partial charge in [0.25, 0.3) is 15.9 Å². The fourth-order valence-electron chi connectivity index (χ4n) is 2.74. The summed E-state index contributed by atoms with van der Waals surface area (Å²) in [6.45, 7) is 1.78. The number of aryl methyl sites for hydroxylation is 1. The van der Waals surface area contributed by atoms with Crippen molar-refractivity contribution in [3.8, 4) is 11.1 Å². The smallest absolute Gasteiger partial charge is 0.269 e. The minimum Gasteiger partial charge on any atom is -0.273 e. The molecule has 0 radical (unpaired) electrons. The Morgan fingerprint density at radius 1 is 0.929 bits per heavy atom. The predicted octanol–water partition coefficient (Wildman–Crippen LogP) is 3.68. The molecule has 0 spiro atoms. The van der Waals surface area contributed by atoms with Crippen molar-refractivity contribution in [2.45, 2.75) is 18.2 Å². The van der Waals surface area contributed by atoms with E-state index in [1.165, 1.54) is 18.2 Å². The highest BCUT2D eigenvalue weighted by Crippen LogP contribution is 2.25. The highest BCUT2D eigenvalue weighted by Gasteiger charge is 2.20. The molecule has 0 aliphatic carbocycles. The van der Waals surface area contributed by atoms with E-state index < -0.39 is 21.7 Å². The summed E-state index contributed by atoms with van der Waals surface area (Å²) >= 11 is 0. The van der Waals surface area contributed by atoms with E-state index in [1.807, 2.05) is 35.2 Å². The maximum atomic E-state index is 14.7. The normalized spacial score (nSPS) is 11.2. The Bertz CT molecular complexity index is 1090. The Kier molecular flexibility index (Phi) is 5.87. The Morgan fingerprint density at radius 2 is 1.54 bits per heavy atom. The molecule has 0 saturated heterocycles. The number of benzene rings is 3. The van der Waals surface area contributed by atoms with Gasteiger partial charge in [-0.3, -0.25) is 10.2 Å². The molecule has 0 aliphatic heterocycles. The van der Waals surface area contributed by atoms with Gasteiger partial charge >= 0.3 is 0 Å². The van der Waals surface area contributed by atoms with Crippen molar-refractivity contribution in [2.75, 3.05) is 0 Å². The van der Waals surface area contributed by atoms with Gasteiger partial charge in [0.2, 0.25) is 0 Å². The number of carbonyl (C=O) groups is 1. The Morgan fingerprint density at radius 3 is 2.14 bits per heavy atom. The van der Waals surface area contributed by atoms with Crippen LogP contribution in [0.15, 0.2) is 77.7 Å². The standard InChI is InChI=1S/C21H19FN2O3S/c1-2-15-13-17(16-9-5-3-6-10-16)14-19(20(15)22)21(25)23-24-28(26,27)18-11-7-4-8-12-18/h3-14,24H,2H2,1H3,(H,23,25). The number of hydrazine groups is 1. The Labute approximate surface area is 163 Å². The minimum atomic E-state index is -3.96. The molecule has 0 bridgehead atoms. The first kappa shape index (κ1) is 19.7. The Hall–Kier alpha value is -3.03. The molecule has 7 heteroatoms. The summed E-state index contributed by atoms with van der Waals surface area (Å²) in [6.07, 6.45) is 0.391. The van der Waals surface area contributed by atoms with E-state index in [2.05, 4.69) is 5.43 Å². The highest BCUT2D eigenvalue weighted by molar-refractivity contribution is 7.89. The van der Waals surface area contributed by atoms with E-state index in [0.29, 0.717) is 17.5 Å². The third-order valence-corrected chi connectivity index (χ3v) is 5.50.